The molecule has 0 saturated heterocycles. The second-order valence-corrected chi connectivity index (χ2v) is 6.46. The Balaban J connectivity index is 1.61. The van der Waals surface area contributed by atoms with Gasteiger partial charge in [0, 0.05) is 0 Å². The largest absolute Gasteiger partial charge is 0.402 e. The van der Waals surface area contributed by atoms with E-state index in [-0.39, 0.29) is 18.3 Å². The maximum absolute atomic E-state index is 12.1. The number of thiophene rings is 1. The molecule has 0 spiro atoms. The fraction of sp³-hybridized carbons (Fsp3) is 0.235. The first-order valence-corrected chi connectivity index (χ1v) is 8.26. The lowest BCUT2D eigenvalue weighted by Gasteiger charge is -2.06. The number of aromatic nitrogens is 2. The van der Waals surface area contributed by atoms with E-state index in [2.05, 4.69) is 41.5 Å². The Morgan fingerprint density at radius 1 is 1.22 bits per heavy atom. The molecule has 6 heteroatoms. The Morgan fingerprint density at radius 3 is 2.65 bits per heavy atom. The van der Waals surface area contributed by atoms with E-state index in [0.717, 1.165) is 10.4 Å². The highest BCUT2D eigenvalue weighted by atomic mass is 32.1. The molecule has 2 aromatic heterocycles. The third kappa shape index (κ3) is 3.84. The van der Waals surface area contributed by atoms with Crippen molar-refractivity contribution in [1.82, 2.24) is 10.2 Å². The zero-order valence-electron chi connectivity index (χ0n) is 12.9. The third-order valence-corrected chi connectivity index (χ3v) is 4.27. The van der Waals surface area contributed by atoms with Crippen LogP contribution < -0.4 is 5.32 Å². The number of amides is 1. The number of nitrogens with zero attached hydrogens (tertiary/aromatic N) is 2. The van der Waals surface area contributed by atoms with Crippen molar-refractivity contribution < 1.29 is 9.21 Å². The van der Waals surface area contributed by atoms with Crippen LogP contribution in [0.1, 0.15) is 30.9 Å². The molecule has 0 unspecified atom stereocenters. The van der Waals surface area contributed by atoms with E-state index in [1.54, 1.807) is 0 Å². The third-order valence-electron chi connectivity index (χ3n) is 3.41. The van der Waals surface area contributed by atoms with Gasteiger partial charge in [0.05, 0.1) is 11.3 Å². The second kappa shape index (κ2) is 6.75. The van der Waals surface area contributed by atoms with E-state index in [0.29, 0.717) is 11.8 Å². The van der Waals surface area contributed by atoms with Gasteiger partial charge in [-0.2, -0.15) is 0 Å². The average molecular weight is 327 g/mol. The molecule has 0 aliphatic carbocycles. The van der Waals surface area contributed by atoms with Gasteiger partial charge >= 0.3 is 6.01 Å². The molecule has 0 saturated carbocycles. The molecular weight excluding hydrogens is 310 g/mol. The summed E-state index contributed by atoms with van der Waals surface area (Å²) >= 11 is 1.51. The molecule has 2 heterocycles. The predicted octanol–water partition coefficient (Wildman–Crippen LogP) is 4.10. The highest BCUT2D eigenvalue weighted by molar-refractivity contribution is 7.13. The molecule has 118 valence electrons. The molecule has 5 nitrogen and oxygen atoms in total. The summed E-state index contributed by atoms with van der Waals surface area (Å²) in [4.78, 5) is 12.9. The first-order chi connectivity index (χ1) is 11.1. The van der Waals surface area contributed by atoms with Gasteiger partial charge in [-0.3, -0.25) is 10.1 Å². The van der Waals surface area contributed by atoms with Crippen molar-refractivity contribution in [2.24, 2.45) is 0 Å². The summed E-state index contributed by atoms with van der Waals surface area (Å²) in [6.07, 6.45) is 0.273. The second-order valence-electron chi connectivity index (χ2n) is 5.51. The summed E-state index contributed by atoms with van der Waals surface area (Å²) in [6.45, 7) is 4.28. The zero-order chi connectivity index (χ0) is 16.2. The number of hydrogen-bond donors (Lipinski definition) is 1. The van der Waals surface area contributed by atoms with E-state index < -0.39 is 0 Å². The van der Waals surface area contributed by atoms with Crippen molar-refractivity contribution in [3.05, 3.63) is 52.9 Å². The summed E-state index contributed by atoms with van der Waals surface area (Å²) < 4.78 is 5.44. The van der Waals surface area contributed by atoms with Gasteiger partial charge in [-0.05, 0) is 28.5 Å². The first-order valence-electron chi connectivity index (χ1n) is 7.38. The lowest BCUT2D eigenvalue weighted by molar-refractivity contribution is -0.115. The van der Waals surface area contributed by atoms with Crippen molar-refractivity contribution in [2.45, 2.75) is 26.2 Å². The predicted molar refractivity (Wildman–Crippen MR) is 90.5 cm³/mol. The maximum atomic E-state index is 12.1. The van der Waals surface area contributed by atoms with E-state index in [1.165, 1.54) is 16.9 Å². The van der Waals surface area contributed by atoms with E-state index in [9.17, 15) is 4.79 Å². The first kappa shape index (κ1) is 15.4. The van der Waals surface area contributed by atoms with Crippen LogP contribution in [0.15, 0.2) is 46.2 Å². The Morgan fingerprint density at radius 2 is 2.00 bits per heavy atom. The number of anilines is 1. The lowest BCUT2D eigenvalue weighted by atomic mass is 10.0. The molecule has 1 amide bonds. The smallest absolute Gasteiger partial charge is 0.322 e. The van der Waals surface area contributed by atoms with Crippen LogP contribution in [0.25, 0.3) is 10.8 Å². The number of carbonyl (C=O) groups is 1. The van der Waals surface area contributed by atoms with Gasteiger partial charge in [0.2, 0.25) is 5.91 Å². The molecule has 3 rings (SSSR count). The van der Waals surface area contributed by atoms with Crippen molar-refractivity contribution in [3.8, 4) is 10.8 Å². The molecule has 1 N–H and O–H groups in total. The summed E-state index contributed by atoms with van der Waals surface area (Å²) in [6, 6.07) is 12.0. The maximum Gasteiger partial charge on any atom is 0.322 e. The van der Waals surface area contributed by atoms with Crippen molar-refractivity contribution in [3.63, 3.8) is 0 Å². The van der Waals surface area contributed by atoms with Crippen LogP contribution in [0.2, 0.25) is 0 Å². The van der Waals surface area contributed by atoms with Gasteiger partial charge in [0.1, 0.15) is 0 Å². The number of rotatable bonds is 5. The van der Waals surface area contributed by atoms with Crippen LogP contribution in [0.5, 0.6) is 0 Å². The van der Waals surface area contributed by atoms with Crippen molar-refractivity contribution in [2.75, 3.05) is 5.32 Å². The monoisotopic (exact) mass is 327 g/mol. The van der Waals surface area contributed by atoms with Gasteiger partial charge in [-0.25, -0.2) is 0 Å². The minimum absolute atomic E-state index is 0.122. The molecule has 0 aliphatic heterocycles. The molecule has 0 atom stereocenters. The molecule has 1 aromatic carbocycles. The van der Waals surface area contributed by atoms with Crippen LogP contribution in [-0.2, 0) is 11.2 Å². The minimum Gasteiger partial charge on any atom is -0.402 e. The number of hydrogen-bond acceptors (Lipinski definition) is 5. The molecule has 23 heavy (non-hydrogen) atoms. The summed E-state index contributed by atoms with van der Waals surface area (Å²) in [5.74, 6) is 0.715. The van der Waals surface area contributed by atoms with Crippen LogP contribution >= 0.6 is 11.3 Å². The highest BCUT2D eigenvalue weighted by Crippen LogP contribution is 2.24. The van der Waals surface area contributed by atoms with Gasteiger partial charge in [0.15, 0.2) is 0 Å². The van der Waals surface area contributed by atoms with Crippen LogP contribution in [0.4, 0.5) is 6.01 Å². The fourth-order valence-electron chi connectivity index (χ4n) is 2.14. The minimum atomic E-state index is -0.177. The molecule has 0 fully saturated rings. The lowest BCUT2D eigenvalue weighted by Crippen LogP contribution is -2.14. The molecular formula is C17H17N3O2S. The van der Waals surface area contributed by atoms with Crippen molar-refractivity contribution in [1.29, 1.82) is 0 Å². The Kier molecular flexibility index (Phi) is 4.52. The average Bonchev–Trinajstić information content (AvgIpc) is 3.18. The zero-order valence-corrected chi connectivity index (χ0v) is 13.8. The number of nitrogens with one attached hydrogen (secondary N) is 1. The van der Waals surface area contributed by atoms with Crippen LogP contribution in [0, 0.1) is 0 Å². The Labute approximate surface area is 138 Å². The highest BCUT2D eigenvalue weighted by Gasteiger charge is 2.12. The quantitative estimate of drug-likeness (QED) is 0.766. The topological polar surface area (TPSA) is 68.0 Å². The Bertz CT molecular complexity index is 777. The molecule has 3 aromatic rings. The van der Waals surface area contributed by atoms with Crippen LogP contribution in [-0.4, -0.2) is 16.1 Å². The molecule has 0 bridgehead atoms. The summed E-state index contributed by atoms with van der Waals surface area (Å²) in [5, 5.41) is 12.3. The van der Waals surface area contributed by atoms with Gasteiger partial charge in [-0.15, -0.1) is 16.4 Å². The van der Waals surface area contributed by atoms with Crippen LogP contribution in [0.3, 0.4) is 0 Å². The summed E-state index contributed by atoms with van der Waals surface area (Å²) in [5.41, 5.74) is 2.21. The van der Waals surface area contributed by atoms with E-state index in [1.807, 2.05) is 29.6 Å². The SMILES string of the molecule is CC(C)c1ccc(CC(=O)Nc2nnc(-c3cccs3)o2)cc1. The number of carbonyl (C=O) groups excluding carboxylic acids is 1. The Hall–Kier alpha value is -2.47. The van der Waals surface area contributed by atoms with Crippen molar-refractivity contribution >= 4 is 23.3 Å². The van der Waals surface area contributed by atoms with E-state index >= 15 is 0 Å². The van der Waals surface area contributed by atoms with E-state index in [4.69, 9.17) is 4.42 Å². The standard InChI is InChI=1S/C17H17N3O2S/c1-11(2)13-7-5-12(6-8-13)10-15(21)18-17-20-19-16(22-17)14-4-3-9-23-14/h3-9,11H,10H2,1-2H3,(H,18,20,21). The van der Waals surface area contributed by atoms with Gasteiger partial charge < -0.3 is 4.42 Å². The fourth-order valence-corrected chi connectivity index (χ4v) is 2.79. The normalized spacial score (nSPS) is 10.9. The van der Waals surface area contributed by atoms with Gasteiger partial charge in [0.25, 0.3) is 5.89 Å². The molecule has 0 radical (unpaired) electrons. The summed E-state index contributed by atoms with van der Waals surface area (Å²) in [7, 11) is 0. The van der Waals surface area contributed by atoms with Gasteiger partial charge in [-0.1, -0.05) is 49.3 Å². The molecule has 0 aliphatic rings. The number of benzene rings is 1.